The van der Waals surface area contributed by atoms with Crippen LogP contribution in [-0.4, -0.2) is 22.7 Å². The van der Waals surface area contributed by atoms with E-state index in [1.54, 1.807) is 31.3 Å². The number of aliphatic hydroxyl groups is 1. The molecule has 94 valence electrons. The maximum atomic E-state index is 11.6. The molecule has 1 aromatic carbocycles. The van der Waals surface area contributed by atoms with Crippen LogP contribution in [0.15, 0.2) is 34.9 Å². The van der Waals surface area contributed by atoms with Crippen LogP contribution in [0.25, 0.3) is 10.9 Å². The molecule has 0 saturated heterocycles. The molecule has 0 bridgehead atoms. The van der Waals surface area contributed by atoms with E-state index < -0.39 is 12.1 Å². The molecule has 1 N–H and O–H groups in total. The number of ether oxygens (including phenoxy) is 1. The van der Waals surface area contributed by atoms with Crippen molar-refractivity contribution in [1.29, 1.82) is 0 Å². The summed E-state index contributed by atoms with van der Waals surface area (Å²) >= 11 is 3.41. The van der Waals surface area contributed by atoms with E-state index in [2.05, 4.69) is 20.9 Å². The Hall–Kier alpha value is -1.46. The summed E-state index contributed by atoms with van der Waals surface area (Å²) in [5, 5.41) is 10.8. The first kappa shape index (κ1) is 13.0. The fourth-order valence-corrected chi connectivity index (χ4v) is 2.18. The van der Waals surface area contributed by atoms with Crippen LogP contribution in [0.5, 0.6) is 0 Å². The lowest BCUT2D eigenvalue weighted by molar-refractivity contribution is -0.153. The van der Waals surface area contributed by atoms with Crippen LogP contribution < -0.4 is 0 Å². The first-order valence-electron chi connectivity index (χ1n) is 5.53. The summed E-state index contributed by atoms with van der Waals surface area (Å²) in [6.45, 7) is 1.93. The van der Waals surface area contributed by atoms with E-state index in [9.17, 15) is 9.90 Å². The standard InChI is InChI=1S/C13H12BrNO3/c1-2-18-13(17)12(16)9-5-6-10(14)8-4-3-7-15-11(8)9/h3-7,12,16H,2H2,1H3. The molecule has 2 rings (SSSR count). The molecule has 18 heavy (non-hydrogen) atoms. The molecule has 0 aliphatic carbocycles. The lowest BCUT2D eigenvalue weighted by atomic mass is 10.1. The van der Waals surface area contributed by atoms with Gasteiger partial charge in [0, 0.05) is 21.6 Å². The number of pyridine rings is 1. The van der Waals surface area contributed by atoms with E-state index in [-0.39, 0.29) is 6.61 Å². The Bertz CT molecular complexity index is 585. The molecule has 0 spiro atoms. The van der Waals surface area contributed by atoms with Crippen molar-refractivity contribution in [2.24, 2.45) is 0 Å². The number of fused-ring (bicyclic) bond motifs is 1. The second-order valence-corrected chi connectivity index (χ2v) is 4.55. The Morgan fingerprint density at radius 3 is 3.00 bits per heavy atom. The van der Waals surface area contributed by atoms with E-state index in [0.717, 1.165) is 9.86 Å². The number of hydrogen-bond acceptors (Lipinski definition) is 4. The number of rotatable bonds is 3. The lowest BCUT2D eigenvalue weighted by Crippen LogP contribution is -2.16. The molecule has 2 aromatic rings. The highest BCUT2D eigenvalue weighted by atomic mass is 79.9. The zero-order chi connectivity index (χ0) is 13.1. The first-order chi connectivity index (χ1) is 8.65. The van der Waals surface area contributed by atoms with Gasteiger partial charge in [-0.2, -0.15) is 0 Å². The van der Waals surface area contributed by atoms with Gasteiger partial charge in [-0.1, -0.05) is 28.1 Å². The number of hydrogen-bond donors (Lipinski definition) is 1. The zero-order valence-electron chi connectivity index (χ0n) is 9.76. The molecule has 0 radical (unpaired) electrons. The van der Waals surface area contributed by atoms with Gasteiger partial charge in [0.2, 0.25) is 0 Å². The van der Waals surface area contributed by atoms with Crippen molar-refractivity contribution < 1.29 is 14.6 Å². The number of esters is 1. The number of aromatic nitrogens is 1. The number of benzene rings is 1. The van der Waals surface area contributed by atoms with Gasteiger partial charge in [0.15, 0.2) is 6.10 Å². The van der Waals surface area contributed by atoms with Crippen molar-refractivity contribution in [2.45, 2.75) is 13.0 Å². The second kappa shape index (κ2) is 5.46. The highest BCUT2D eigenvalue weighted by Crippen LogP contribution is 2.29. The predicted molar refractivity (Wildman–Crippen MR) is 71.0 cm³/mol. The molecule has 1 aromatic heterocycles. The van der Waals surface area contributed by atoms with E-state index in [1.807, 2.05) is 6.07 Å². The van der Waals surface area contributed by atoms with Gasteiger partial charge in [-0.3, -0.25) is 4.98 Å². The van der Waals surface area contributed by atoms with Crippen LogP contribution in [0.1, 0.15) is 18.6 Å². The number of aliphatic hydroxyl groups excluding tert-OH is 1. The third-order valence-corrected chi connectivity index (χ3v) is 3.24. The quantitative estimate of drug-likeness (QED) is 0.885. The van der Waals surface area contributed by atoms with Crippen LogP contribution in [-0.2, 0) is 9.53 Å². The van der Waals surface area contributed by atoms with Crippen LogP contribution in [0.2, 0.25) is 0 Å². The van der Waals surface area contributed by atoms with Gasteiger partial charge < -0.3 is 9.84 Å². The predicted octanol–water partition coefficient (Wildman–Crippen LogP) is 2.59. The molecular formula is C13H12BrNO3. The van der Waals surface area contributed by atoms with Crippen LogP contribution in [0, 0.1) is 0 Å². The Labute approximate surface area is 113 Å². The minimum Gasteiger partial charge on any atom is -0.464 e. The molecule has 0 saturated carbocycles. The molecular weight excluding hydrogens is 298 g/mol. The van der Waals surface area contributed by atoms with Gasteiger partial charge in [-0.05, 0) is 19.1 Å². The summed E-state index contributed by atoms with van der Waals surface area (Å²) in [4.78, 5) is 15.8. The van der Waals surface area contributed by atoms with E-state index in [0.29, 0.717) is 11.1 Å². The van der Waals surface area contributed by atoms with Gasteiger partial charge in [0.05, 0.1) is 12.1 Å². The van der Waals surface area contributed by atoms with Crippen molar-refractivity contribution in [3.05, 3.63) is 40.5 Å². The lowest BCUT2D eigenvalue weighted by Gasteiger charge is -2.12. The maximum absolute atomic E-state index is 11.6. The number of halogens is 1. The van der Waals surface area contributed by atoms with Crippen LogP contribution in [0.3, 0.4) is 0 Å². The Balaban J connectivity index is 2.51. The average molecular weight is 310 g/mol. The molecule has 0 aliphatic rings. The van der Waals surface area contributed by atoms with Crippen molar-refractivity contribution in [3.8, 4) is 0 Å². The Morgan fingerprint density at radius 2 is 2.28 bits per heavy atom. The molecule has 5 heteroatoms. The molecule has 1 unspecified atom stereocenters. The van der Waals surface area contributed by atoms with Crippen molar-refractivity contribution >= 4 is 32.8 Å². The second-order valence-electron chi connectivity index (χ2n) is 3.69. The highest BCUT2D eigenvalue weighted by molar-refractivity contribution is 9.10. The minimum absolute atomic E-state index is 0.234. The summed E-state index contributed by atoms with van der Waals surface area (Å²) in [5.41, 5.74) is 1.04. The fourth-order valence-electron chi connectivity index (χ4n) is 1.73. The van der Waals surface area contributed by atoms with Crippen LogP contribution >= 0.6 is 15.9 Å². The summed E-state index contributed by atoms with van der Waals surface area (Å²) in [7, 11) is 0. The maximum Gasteiger partial charge on any atom is 0.339 e. The van der Waals surface area contributed by atoms with Gasteiger partial charge in [0.1, 0.15) is 0 Å². The smallest absolute Gasteiger partial charge is 0.339 e. The number of carbonyl (C=O) groups excluding carboxylic acids is 1. The fraction of sp³-hybridized carbons (Fsp3) is 0.231. The molecule has 0 amide bonds. The monoisotopic (exact) mass is 309 g/mol. The molecule has 0 aliphatic heterocycles. The average Bonchev–Trinajstić information content (AvgIpc) is 2.39. The normalized spacial score (nSPS) is 12.4. The number of nitrogens with zero attached hydrogens (tertiary/aromatic N) is 1. The van der Waals surface area contributed by atoms with E-state index >= 15 is 0 Å². The van der Waals surface area contributed by atoms with Gasteiger partial charge in [-0.25, -0.2) is 4.79 Å². The van der Waals surface area contributed by atoms with Crippen LogP contribution in [0.4, 0.5) is 0 Å². The number of carbonyl (C=O) groups is 1. The Morgan fingerprint density at radius 1 is 1.50 bits per heavy atom. The van der Waals surface area contributed by atoms with Crippen molar-refractivity contribution in [2.75, 3.05) is 6.61 Å². The summed E-state index contributed by atoms with van der Waals surface area (Å²) < 4.78 is 5.67. The highest BCUT2D eigenvalue weighted by Gasteiger charge is 2.21. The molecule has 4 nitrogen and oxygen atoms in total. The summed E-state index contributed by atoms with van der Waals surface area (Å²) in [6.07, 6.45) is 0.311. The minimum atomic E-state index is -1.31. The van der Waals surface area contributed by atoms with Gasteiger partial charge in [-0.15, -0.1) is 0 Å². The third kappa shape index (κ3) is 2.37. The van der Waals surface area contributed by atoms with Crippen molar-refractivity contribution in [1.82, 2.24) is 4.98 Å². The molecule has 1 atom stereocenters. The van der Waals surface area contributed by atoms with E-state index in [1.165, 1.54) is 0 Å². The third-order valence-electron chi connectivity index (χ3n) is 2.55. The molecule has 0 fully saturated rings. The topological polar surface area (TPSA) is 59.4 Å². The summed E-state index contributed by atoms with van der Waals surface area (Å²) in [5.74, 6) is -0.660. The van der Waals surface area contributed by atoms with Crippen molar-refractivity contribution in [3.63, 3.8) is 0 Å². The molecule has 1 heterocycles. The summed E-state index contributed by atoms with van der Waals surface area (Å²) in [6, 6.07) is 7.12. The van der Waals surface area contributed by atoms with Gasteiger partial charge >= 0.3 is 5.97 Å². The Kier molecular flexibility index (Phi) is 3.93. The zero-order valence-corrected chi connectivity index (χ0v) is 11.3. The van der Waals surface area contributed by atoms with E-state index in [4.69, 9.17) is 4.74 Å². The largest absolute Gasteiger partial charge is 0.464 e. The SMILES string of the molecule is CCOC(=O)C(O)c1ccc(Br)c2cccnc12. The first-order valence-corrected chi connectivity index (χ1v) is 6.32. The van der Waals surface area contributed by atoms with Gasteiger partial charge in [0.25, 0.3) is 0 Å².